The molecule has 25 heavy (non-hydrogen) atoms. The minimum Gasteiger partial charge on any atom is -0.445 e. The van der Waals surface area contributed by atoms with Gasteiger partial charge in [0.25, 0.3) is 11.1 Å². The van der Waals surface area contributed by atoms with E-state index in [1.165, 1.54) is 6.92 Å². The Kier molecular flexibility index (Phi) is 6.11. The molecule has 0 aliphatic rings. The van der Waals surface area contributed by atoms with Crippen LogP contribution in [0.4, 0.5) is 11.4 Å². The molecule has 0 spiro atoms. The number of hydrogen-bond acceptors (Lipinski definition) is 4. The van der Waals surface area contributed by atoms with Crippen molar-refractivity contribution in [1.29, 1.82) is 0 Å². The summed E-state index contributed by atoms with van der Waals surface area (Å²) in [6.07, 6.45) is -1.08. The molecule has 0 aliphatic heterocycles. The Balaban J connectivity index is 2.09. The van der Waals surface area contributed by atoms with Gasteiger partial charge in [-0.2, -0.15) is 4.98 Å². The topological polar surface area (TPSA) is 95.6 Å². The highest BCUT2D eigenvalue weighted by Gasteiger charge is 2.30. The summed E-state index contributed by atoms with van der Waals surface area (Å²) in [5.74, 6) is -1.39. The minimum absolute atomic E-state index is 0.00613. The third-order valence-corrected chi connectivity index (χ3v) is 4.46. The Morgan fingerprint density at radius 1 is 1.16 bits per heavy atom. The van der Waals surface area contributed by atoms with Gasteiger partial charge >= 0.3 is 11.7 Å². The molecule has 2 rings (SSSR count). The van der Waals surface area contributed by atoms with Crippen LogP contribution in [0.5, 0.6) is 0 Å². The molecule has 0 saturated heterocycles. The van der Waals surface area contributed by atoms with E-state index in [9.17, 15) is 9.59 Å². The van der Waals surface area contributed by atoms with Crippen molar-refractivity contribution < 1.29 is 19.3 Å². The van der Waals surface area contributed by atoms with Crippen LogP contribution < -0.4 is 16.0 Å². The molecule has 0 unspecified atom stereocenters. The normalized spacial score (nSPS) is 11.7. The summed E-state index contributed by atoms with van der Waals surface area (Å²) in [7, 11) is 0. The largest absolute Gasteiger partial charge is 0.445 e. The lowest BCUT2D eigenvalue weighted by molar-refractivity contribution is -0.380. The molecular weight excluding hydrogens is 389 g/mol. The fourth-order valence-corrected chi connectivity index (χ4v) is 2.47. The molecule has 6 nitrogen and oxygen atoms in total. The molecule has 2 aromatic rings. The van der Waals surface area contributed by atoms with E-state index >= 15 is 0 Å². The highest BCUT2D eigenvalue weighted by Crippen LogP contribution is 2.32. The molecule has 1 atom stereocenters. The summed E-state index contributed by atoms with van der Waals surface area (Å²) in [6.45, 7) is 3.36. The Morgan fingerprint density at radius 3 is 2.36 bits per heavy atom. The zero-order chi connectivity index (χ0) is 18.7. The predicted molar refractivity (Wildman–Crippen MR) is 97.1 cm³/mol. The summed E-state index contributed by atoms with van der Waals surface area (Å²) in [5, 5.41) is 2.44. The van der Waals surface area contributed by atoms with E-state index in [-0.39, 0.29) is 26.6 Å². The number of amides is 1. The second kappa shape index (κ2) is 7.91. The molecule has 0 saturated carbocycles. The molecule has 1 amide bonds. The van der Waals surface area contributed by atoms with Crippen molar-refractivity contribution in [3.05, 3.63) is 50.7 Å². The predicted octanol–water partition coefficient (Wildman–Crippen LogP) is 3.54. The number of benzene rings is 1. The molecular formula is C16H15Cl3N3O3+. The van der Waals surface area contributed by atoms with Crippen LogP contribution in [0.2, 0.25) is 15.2 Å². The Labute approximate surface area is 159 Å². The lowest BCUT2D eigenvalue weighted by atomic mass is 10.2. The average Bonchev–Trinajstić information content (AvgIpc) is 2.58. The van der Waals surface area contributed by atoms with Crippen LogP contribution in [-0.4, -0.2) is 18.0 Å². The molecule has 1 heterocycles. The molecule has 1 aromatic carbocycles. The molecule has 0 aliphatic carbocycles. The van der Waals surface area contributed by atoms with Gasteiger partial charge in [0, 0.05) is 5.69 Å². The summed E-state index contributed by atoms with van der Waals surface area (Å²) >= 11 is 17.6. The number of pyridine rings is 1. The number of aryl methyl sites for hydroxylation is 1. The van der Waals surface area contributed by atoms with Gasteiger partial charge in [0.05, 0.1) is 5.69 Å². The quantitative estimate of drug-likeness (QED) is 0.603. The lowest BCUT2D eigenvalue weighted by Crippen LogP contribution is -2.32. The van der Waals surface area contributed by atoms with Crippen LogP contribution in [0.15, 0.2) is 24.3 Å². The van der Waals surface area contributed by atoms with E-state index < -0.39 is 18.0 Å². The SMILES string of the molecule is Cc1ccc(NC(=O)[C@@H](C)OC(=O)c2[nH+]c(Cl)c(Cl)c(N)c2Cl)cc1. The Morgan fingerprint density at radius 2 is 1.76 bits per heavy atom. The molecule has 9 heteroatoms. The number of carbonyl (C=O) groups excluding carboxylic acids is 2. The lowest BCUT2D eigenvalue weighted by Gasteiger charge is -2.13. The fourth-order valence-electron chi connectivity index (χ4n) is 1.86. The number of hydrogen-bond donors (Lipinski definition) is 2. The van der Waals surface area contributed by atoms with E-state index in [0.29, 0.717) is 5.69 Å². The number of esters is 1. The number of nitrogens with two attached hydrogens (primary N) is 1. The first kappa shape index (κ1) is 19.3. The minimum atomic E-state index is -1.08. The van der Waals surface area contributed by atoms with Crippen LogP contribution in [0.3, 0.4) is 0 Å². The van der Waals surface area contributed by atoms with Crippen molar-refractivity contribution in [2.45, 2.75) is 20.0 Å². The molecule has 132 valence electrons. The maximum absolute atomic E-state index is 12.2. The average molecular weight is 404 g/mol. The zero-order valence-corrected chi connectivity index (χ0v) is 15.6. The number of halogens is 3. The number of ether oxygens (including phenoxy) is 1. The second-order valence-electron chi connectivity index (χ2n) is 5.26. The van der Waals surface area contributed by atoms with Crippen LogP contribution in [-0.2, 0) is 9.53 Å². The number of carbonyl (C=O) groups is 2. The standard InChI is InChI=1S/C16H14Cl3N3O3/c1-7-3-5-9(6-4-7)21-15(23)8(2)25-16(24)13-10(17)12(20)11(18)14(19)22-13/h3-6,8H,1-2H3,(H2,20,22)(H,21,23)/p+1/t8-/m1/s1. The maximum Gasteiger partial charge on any atom is 0.406 e. The van der Waals surface area contributed by atoms with E-state index in [1.54, 1.807) is 12.1 Å². The number of anilines is 2. The van der Waals surface area contributed by atoms with Crippen LogP contribution >= 0.6 is 34.8 Å². The monoisotopic (exact) mass is 402 g/mol. The first-order chi connectivity index (χ1) is 11.7. The van der Waals surface area contributed by atoms with Crippen molar-refractivity contribution in [2.24, 2.45) is 0 Å². The first-order valence-corrected chi connectivity index (χ1v) is 8.27. The van der Waals surface area contributed by atoms with Crippen molar-refractivity contribution in [2.75, 3.05) is 11.1 Å². The second-order valence-corrected chi connectivity index (χ2v) is 6.39. The van der Waals surface area contributed by atoms with Gasteiger partial charge in [-0.05, 0) is 37.6 Å². The highest BCUT2D eigenvalue weighted by atomic mass is 35.5. The smallest absolute Gasteiger partial charge is 0.406 e. The van der Waals surface area contributed by atoms with E-state index in [1.807, 2.05) is 19.1 Å². The highest BCUT2D eigenvalue weighted by molar-refractivity contribution is 6.45. The Hall–Kier alpha value is -2.02. The van der Waals surface area contributed by atoms with Gasteiger partial charge in [-0.1, -0.05) is 40.9 Å². The fraction of sp³-hybridized carbons (Fsp3) is 0.188. The van der Waals surface area contributed by atoms with Crippen molar-refractivity contribution in [3.8, 4) is 0 Å². The van der Waals surface area contributed by atoms with Crippen LogP contribution in [0.1, 0.15) is 23.0 Å². The van der Waals surface area contributed by atoms with Gasteiger partial charge in [0.1, 0.15) is 10.0 Å². The molecule has 0 fully saturated rings. The van der Waals surface area contributed by atoms with Gasteiger partial charge in [-0.25, -0.2) is 4.79 Å². The summed E-state index contributed by atoms with van der Waals surface area (Å²) in [6, 6.07) is 7.18. The number of nitrogen functional groups attached to an aromatic ring is 1. The summed E-state index contributed by atoms with van der Waals surface area (Å²) < 4.78 is 5.10. The van der Waals surface area contributed by atoms with Gasteiger partial charge in [-0.3, -0.25) is 4.79 Å². The number of aromatic amines is 1. The molecule has 1 aromatic heterocycles. The van der Waals surface area contributed by atoms with Crippen molar-refractivity contribution in [1.82, 2.24) is 0 Å². The number of nitrogens with one attached hydrogen (secondary N) is 2. The Bertz CT molecular complexity index is 826. The third kappa shape index (κ3) is 4.54. The van der Waals surface area contributed by atoms with Crippen molar-refractivity contribution >= 4 is 58.1 Å². The van der Waals surface area contributed by atoms with Gasteiger partial charge in [0.2, 0.25) is 0 Å². The van der Waals surface area contributed by atoms with Crippen molar-refractivity contribution in [3.63, 3.8) is 0 Å². The third-order valence-electron chi connectivity index (χ3n) is 3.30. The van der Waals surface area contributed by atoms with Gasteiger partial charge in [0.15, 0.2) is 6.10 Å². The number of H-pyrrole nitrogens is 1. The summed E-state index contributed by atoms with van der Waals surface area (Å²) in [5.41, 5.74) is 7.06. The van der Waals surface area contributed by atoms with Crippen LogP contribution in [0, 0.1) is 6.92 Å². The number of aromatic nitrogens is 1. The van der Waals surface area contributed by atoms with Gasteiger partial charge < -0.3 is 15.8 Å². The summed E-state index contributed by atoms with van der Waals surface area (Å²) in [4.78, 5) is 26.9. The molecule has 4 N–H and O–H groups in total. The van der Waals surface area contributed by atoms with E-state index in [4.69, 9.17) is 45.3 Å². The zero-order valence-electron chi connectivity index (χ0n) is 13.3. The van der Waals surface area contributed by atoms with E-state index in [2.05, 4.69) is 10.3 Å². The molecule has 0 bridgehead atoms. The van der Waals surface area contributed by atoms with E-state index in [0.717, 1.165) is 5.56 Å². The first-order valence-electron chi connectivity index (χ1n) is 7.14. The molecule has 0 radical (unpaired) electrons. The van der Waals surface area contributed by atoms with Gasteiger partial charge in [-0.15, -0.1) is 0 Å². The van der Waals surface area contributed by atoms with Crippen LogP contribution in [0.25, 0.3) is 0 Å². The number of rotatable bonds is 4. The maximum atomic E-state index is 12.2.